The van der Waals surface area contributed by atoms with Gasteiger partial charge in [0.15, 0.2) is 40.5 Å². The molecule has 0 atom stereocenters. The van der Waals surface area contributed by atoms with Gasteiger partial charge in [-0.1, -0.05) is 281 Å². The quantitative estimate of drug-likeness (QED) is 0.0448. The van der Waals surface area contributed by atoms with Crippen molar-refractivity contribution in [3.63, 3.8) is 0 Å². The first-order chi connectivity index (χ1) is 60.6. The lowest BCUT2D eigenvalue weighted by atomic mass is 10.1. The Morgan fingerprint density at radius 2 is 0.476 bits per heavy atom. The molecule has 0 spiro atoms. The van der Waals surface area contributed by atoms with Crippen molar-refractivity contribution in [3.05, 3.63) is 430 Å². The summed E-state index contributed by atoms with van der Waals surface area (Å²) in [6, 6.07) is 117. The molecular weight excluding hydrogens is 1690 g/mol. The summed E-state index contributed by atoms with van der Waals surface area (Å²) in [4.78, 5) is 104. The lowest BCUT2D eigenvalue weighted by molar-refractivity contribution is 0.0691. The van der Waals surface area contributed by atoms with Gasteiger partial charge in [-0.05, 0) is 262 Å². The fourth-order valence-corrected chi connectivity index (χ4v) is 17.3. The fourth-order valence-electron chi connectivity index (χ4n) is 11.4. The summed E-state index contributed by atoms with van der Waals surface area (Å²) in [5.74, 6) is 1.50. The number of hydrogen-bond acceptors (Lipinski definition) is 16. The Morgan fingerprint density at radius 1 is 0.246 bits per heavy atom. The average Bonchev–Trinajstić information content (AvgIpc) is 0.849. The SMILES string of the molecule is CC(=O)c1ccc(Sc2ccc(C)cc2)cc1.CC(=O)c1ccc(Sc2ccc(C)cc2)cc1.CC(=O)c1ccc(Sc2ccc(C)cc2)cc1.CC(=O)c1ccc(Sc2ccc(C)cc2)cc1.CC(=O)c1ccc(Sc2ccc3ccccc3c2)cc1.CC(=O)c1ccc(Sc2ccccc2C(=O)O)cc1.COc1ccc(CSc2ccc(C(C)=O)cc2)cc1. The van der Waals surface area contributed by atoms with Crippen LogP contribution in [0.5, 0.6) is 5.75 Å². The Balaban J connectivity index is 0.000000166. The molecule has 0 aliphatic carbocycles. The third-order valence-corrected chi connectivity index (χ3v) is 25.9. The average molecular weight is 1790 g/mol. The molecule has 0 aliphatic rings. The monoisotopic (exact) mass is 1790 g/mol. The number of carbonyl (C=O) groups excluding carboxylic acids is 7. The van der Waals surface area contributed by atoms with Crippen LogP contribution in [0.25, 0.3) is 10.8 Å². The molecule has 636 valence electrons. The Kier molecular flexibility index (Phi) is 39.4. The maximum absolute atomic E-state index is 11.3. The van der Waals surface area contributed by atoms with E-state index >= 15 is 0 Å². The number of carbonyl (C=O) groups is 8. The zero-order valence-electron chi connectivity index (χ0n) is 72.2. The van der Waals surface area contributed by atoms with Crippen LogP contribution in [0, 0.1) is 27.7 Å². The van der Waals surface area contributed by atoms with Gasteiger partial charge in [0.05, 0.1) is 12.7 Å². The molecule has 15 aromatic rings. The second-order valence-corrected chi connectivity index (χ2v) is 36.8. The van der Waals surface area contributed by atoms with Crippen molar-refractivity contribution in [2.75, 3.05) is 7.11 Å². The molecule has 0 amide bonds. The highest BCUT2D eigenvalue weighted by molar-refractivity contribution is 8.00. The number of aryl methyl sites for hydroxylation is 4. The van der Waals surface area contributed by atoms with Gasteiger partial charge in [0.1, 0.15) is 5.75 Å². The van der Waals surface area contributed by atoms with Crippen molar-refractivity contribution < 1.29 is 48.2 Å². The number of ketones is 7. The zero-order valence-corrected chi connectivity index (χ0v) is 78.0. The molecule has 15 rings (SSSR count). The summed E-state index contributed by atoms with van der Waals surface area (Å²) < 4.78 is 5.13. The minimum atomic E-state index is -0.941. The van der Waals surface area contributed by atoms with E-state index in [0.717, 1.165) is 74.3 Å². The van der Waals surface area contributed by atoms with Crippen LogP contribution in [0.15, 0.2) is 422 Å². The van der Waals surface area contributed by atoms with Gasteiger partial charge in [-0.3, -0.25) is 33.6 Å². The molecule has 1 N–H and O–H groups in total. The van der Waals surface area contributed by atoms with Crippen molar-refractivity contribution in [2.45, 2.75) is 146 Å². The number of rotatable bonds is 24. The van der Waals surface area contributed by atoms with Crippen molar-refractivity contribution in [2.24, 2.45) is 0 Å². The number of ether oxygens (including phenoxy) is 1. The van der Waals surface area contributed by atoms with Gasteiger partial charge in [-0.25, -0.2) is 4.79 Å². The highest BCUT2D eigenvalue weighted by Crippen LogP contribution is 2.36. The van der Waals surface area contributed by atoms with Gasteiger partial charge in [0.2, 0.25) is 0 Å². The summed E-state index contributed by atoms with van der Waals surface area (Å²) in [7, 11) is 1.67. The van der Waals surface area contributed by atoms with E-state index in [1.807, 2.05) is 170 Å². The van der Waals surface area contributed by atoms with Crippen molar-refractivity contribution in [1.29, 1.82) is 0 Å². The zero-order chi connectivity index (χ0) is 90.4. The van der Waals surface area contributed by atoms with E-state index in [0.29, 0.717) is 10.5 Å². The standard InChI is InChI=1S/C18H14OS.C16H16O2S.C15H12O3S.4C15H14OS/c1-13(19)14-6-9-17(10-7-14)20-18-11-8-15-4-2-3-5-16(15)12-18;1-12(17)14-5-9-16(10-6-14)19-11-13-3-7-15(18-2)8-4-13;1-10(16)11-6-8-12(9-7-11)19-14-5-3-2-4-13(14)15(17)18;4*1-11-3-7-14(8-4-11)17-15-9-5-13(6-10-15)12(2)16/h2-12H,1H3;3-10H,11H2,1-2H3;2-9H,1H3,(H,17,18);4*3-10H,1-2H3. The molecule has 0 fully saturated rings. The number of methoxy groups -OCH3 is 1. The third-order valence-electron chi connectivity index (χ3n) is 18.7. The number of carboxylic acids is 1. The predicted molar refractivity (Wildman–Crippen MR) is 524 cm³/mol. The minimum absolute atomic E-state index is 0.0162. The topological polar surface area (TPSA) is 166 Å². The molecule has 0 aromatic heterocycles. The lowest BCUT2D eigenvalue weighted by Gasteiger charge is -2.05. The molecule has 0 heterocycles. The van der Waals surface area contributed by atoms with Crippen LogP contribution in [0.2, 0.25) is 0 Å². The normalized spacial score (nSPS) is 10.3. The van der Waals surface area contributed by atoms with Crippen molar-refractivity contribution in [1.82, 2.24) is 0 Å². The maximum atomic E-state index is 11.3. The molecule has 0 aliphatic heterocycles. The smallest absolute Gasteiger partial charge is 0.336 e. The molecule has 0 bridgehead atoms. The Labute approximate surface area is 770 Å². The van der Waals surface area contributed by atoms with Crippen molar-refractivity contribution >= 4 is 140 Å². The van der Waals surface area contributed by atoms with Gasteiger partial charge < -0.3 is 9.84 Å². The van der Waals surface area contributed by atoms with Crippen LogP contribution in [-0.2, 0) is 5.75 Å². The largest absolute Gasteiger partial charge is 0.497 e. The number of carboxylic acid groups (broad SMARTS) is 1. The predicted octanol–water partition coefficient (Wildman–Crippen LogP) is 30.5. The Bertz CT molecular complexity index is 5680. The van der Waals surface area contributed by atoms with E-state index in [1.54, 1.807) is 156 Å². The highest BCUT2D eigenvalue weighted by atomic mass is 32.2. The molecule has 0 radical (unpaired) electrons. The van der Waals surface area contributed by atoms with Crippen LogP contribution in [-0.4, -0.2) is 58.7 Å². The summed E-state index contributed by atoms with van der Waals surface area (Å²) in [5, 5.41) is 11.6. The van der Waals surface area contributed by atoms with Crippen LogP contribution in [0.3, 0.4) is 0 Å². The number of aromatic carboxylic acids is 1. The Morgan fingerprint density at radius 3 is 0.746 bits per heavy atom. The van der Waals surface area contributed by atoms with E-state index in [-0.39, 0.29) is 46.0 Å². The first-order valence-corrected chi connectivity index (χ1v) is 46.1. The number of thioether (sulfide) groups is 1. The molecule has 0 saturated carbocycles. The first-order valence-electron chi connectivity index (χ1n) is 40.3. The first kappa shape index (κ1) is 97.8. The molecule has 126 heavy (non-hydrogen) atoms. The number of benzene rings is 15. The summed E-state index contributed by atoms with van der Waals surface area (Å²) >= 11 is 11.7. The molecular formula is C109H98O10S7. The minimum Gasteiger partial charge on any atom is -0.497 e. The summed E-state index contributed by atoms with van der Waals surface area (Å²) in [5.41, 5.74) is 11.8. The van der Waals surface area contributed by atoms with Crippen molar-refractivity contribution in [3.8, 4) is 5.75 Å². The van der Waals surface area contributed by atoms with E-state index in [1.165, 1.54) is 86.6 Å². The number of hydrogen-bond donors (Lipinski definition) is 1. The van der Waals surface area contributed by atoms with Crippen LogP contribution in [0.4, 0.5) is 0 Å². The highest BCUT2D eigenvalue weighted by Gasteiger charge is 2.13. The third kappa shape index (κ3) is 33.8. The van der Waals surface area contributed by atoms with Crippen LogP contribution >= 0.6 is 82.3 Å². The fraction of sp³-hybridized carbons (Fsp3) is 0.119. The molecule has 10 nitrogen and oxygen atoms in total. The number of fused-ring (bicyclic) bond motifs is 1. The molecule has 0 saturated heterocycles. The van der Waals surface area contributed by atoms with E-state index in [2.05, 4.69) is 179 Å². The maximum Gasteiger partial charge on any atom is 0.336 e. The molecule has 17 heteroatoms. The van der Waals surface area contributed by atoms with Crippen LogP contribution in [0.1, 0.15) is 159 Å². The van der Waals surface area contributed by atoms with E-state index in [9.17, 15) is 38.4 Å². The van der Waals surface area contributed by atoms with Gasteiger partial charge in [0.25, 0.3) is 0 Å². The Hall–Kier alpha value is -12.0. The van der Waals surface area contributed by atoms with Gasteiger partial charge >= 0.3 is 5.97 Å². The van der Waals surface area contributed by atoms with Crippen LogP contribution < -0.4 is 4.74 Å². The van der Waals surface area contributed by atoms with E-state index in [4.69, 9.17) is 9.84 Å². The van der Waals surface area contributed by atoms with Gasteiger partial charge in [0, 0.05) is 108 Å². The second-order valence-electron chi connectivity index (χ2n) is 28.9. The lowest BCUT2D eigenvalue weighted by Crippen LogP contribution is -1.98. The summed E-state index contributed by atoms with van der Waals surface area (Å²) in [6.07, 6.45) is 0. The number of Topliss-reactive ketones (excluding diaryl/α,β-unsaturated/α-hetero) is 7. The second kappa shape index (κ2) is 50.8. The van der Waals surface area contributed by atoms with Gasteiger partial charge in [-0.2, -0.15) is 0 Å². The summed E-state index contributed by atoms with van der Waals surface area (Å²) in [6.45, 7) is 19.3. The van der Waals surface area contributed by atoms with Gasteiger partial charge in [-0.15, -0.1) is 11.8 Å². The van der Waals surface area contributed by atoms with E-state index < -0.39 is 5.97 Å². The molecule has 15 aromatic carbocycles. The molecule has 0 unspecified atom stereocenters.